The number of aryl methyl sites for hydroxylation is 1. The SMILES string of the molecule is Cc1nc(-c2ccccc2)c(C(=O)Nc2ccc(Br)cc2)s1. The van der Waals surface area contributed by atoms with Crippen molar-refractivity contribution in [2.75, 3.05) is 5.32 Å². The van der Waals surface area contributed by atoms with Gasteiger partial charge in [-0.1, -0.05) is 46.3 Å². The fraction of sp³-hybridized carbons (Fsp3) is 0.0588. The van der Waals surface area contributed by atoms with E-state index in [-0.39, 0.29) is 5.91 Å². The second-order valence-corrected chi connectivity index (χ2v) is 6.86. The third-order valence-electron chi connectivity index (χ3n) is 3.09. The van der Waals surface area contributed by atoms with E-state index in [4.69, 9.17) is 0 Å². The van der Waals surface area contributed by atoms with E-state index in [1.54, 1.807) is 0 Å². The van der Waals surface area contributed by atoms with E-state index in [1.165, 1.54) is 11.3 Å². The molecule has 3 rings (SSSR count). The molecule has 1 heterocycles. The van der Waals surface area contributed by atoms with Gasteiger partial charge in [0.15, 0.2) is 0 Å². The molecular weight excluding hydrogens is 360 g/mol. The molecule has 5 heteroatoms. The van der Waals surface area contributed by atoms with Gasteiger partial charge in [0.25, 0.3) is 5.91 Å². The highest BCUT2D eigenvalue weighted by molar-refractivity contribution is 9.10. The number of hydrogen-bond donors (Lipinski definition) is 1. The van der Waals surface area contributed by atoms with Crippen molar-refractivity contribution in [3.8, 4) is 11.3 Å². The lowest BCUT2D eigenvalue weighted by Gasteiger charge is -2.05. The highest BCUT2D eigenvalue weighted by Gasteiger charge is 2.18. The zero-order valence-corrected chi connectivity index (χ0v) is 14.2. The number of nitrogens with one attached hydrogen (secondary N) is 1. The predicted molar refractivity (Wildman–Crippen MR) is 94.4 cm³/mol. The van der Waals surface area contributed by atoms with Crippen LogP contribution < -0.4 is 5.32 Å². The molecule has 22 heavy (non-hydrogen) atoms. The van der Waals surface area contributed by atoms with Crippen molar-refractivity contribution in [3.05, 3.63) is 69.0 Å². The van der Waals surface area contributed by atoms with Crippen LogP contribution in [0.2, 0.25) is 0 Å². The van der Waals surface area contributed by atoms with Gasteiger partial charge in [0, 0.05) is 15.7 Å². The average Bonchev–Trinajstić information content (AvgIpc) is 2.92. The minimum atomic E-state index is -0.133. The number of benzene rings is 2. The number of hydrogen-bond acceptors (Lipinski definition) is 3. The molecular formula is C17H13BrN2OS. The lowest BCUT2D eigenvalue weighted by atomic mass is 10.1. The first-order valence-electron chi connectivity index (χ1n) is 6.73. The van der Waals surface area contributed by atoms with Crippen LogP contribution in [-0.4, -0.2) is 10.9 Å². The number of carbonyl (C=O) groups is 1. The Morgan fingerprint density at radius 3 is 2.45 bits per heavy atom. The van der Waals surface area contributed by atoms with E-state index >= 15 is 0 Å². The quantitative estimate of drug-likeness (QED) is 0.691. The summed E-state index contributed by atoms with van der Waals surface area (Å²) >= 11 is 4.79. The molecule has 0 aliphatic rings. The summed E-state index contributed by atoms with van der Waals surface area (Å²) in [6, 6.07) is 17.3. The van der Waals surface area contributed by atoms with Crippen LogP contribution in [-0.2, 0) is 0 Å². The molecule has 0 saturated heterocycles. The molecule has 1 aromatic heterocycles. The van der Waals surface area contributed by atoms with Crippen LogP contribution in [0.25, 0.3) is 11.3 Å². The van der Waals surface area contributed by atoms with Crippen LogP contribution in [0, 0.1) is 6.92 Å². The first-order chi connectivity index (χ1) is 10.6. The first-order valence-corrected chi connectivity index (χ1v) is 8.34. The predicted octanol–water partition coefficient (Wildman–Crippen LogP) is 5.13. The zero-order valence-electron chi connectivity index (χ0n) is 11.8. The summed E-state index contributed by atoms with van der Waals surface area (Å²) in [5.74, 6) is -0.133. The standard InChI is InChI=1S/C17H13BrN2OS/c1-11-19-15(12-5-3-2-4-6-12)16(22-11)17(21)20-14-9-7-13(18)8-10-14/h2-10H,1H3,(H,20,21). The Morgan fingerprint density at radius 1 is 1.09 bits per heavy atom. The summed E-state index contributed by atoms with van der Waals surface area (Å²) < 4.78 is 0.976. The minimum Gasteiger partial charge on any atom is -0.321 e. The van der Waals surface area contributed by atoms with Crippen molar-refractivity contribution in [1.29, 1.82) is 0 Å². The van der Waals surface area contributed by atoms with E-state index in [2.05, 4.69) is 26.2 Å². The van der Waals surface area contributed by atoms with Gasteiger partial charge in [0.2, 0.25) is 0 Å². The second-order valence-electron chi connectivity index (χ2n) is 4.74. The lowest BCUT2D eigenvalue weighted by molar-refractivity contribution is 0.103. The van der Waals surface area contributed by atoms with E-state index in [0.717, 1.165) is 26.4 Å². The molecule has 0 spiro atoms. The van der Waals surface area contributed by atoms with Crippen molar-refractivity contribution >= 4 is 38.9 Å². The summed E-state index contributed by atoms with van der Waals surface area (Å²) in [7, 11) is 0. The molecule has 3 nitrogen and oxygen atoms in total. The van der Waals surface area contributed by atoms with Gasteiger partial charge in [-0.15, -0.1) is 11.3 Å². The van der Waals surface area contributed by atoms with Gasteiger partial charge >= 0.3 is 0 Å². The third-order valence-corrected chi connectivity index (χ3v) is 4.59. The zero-order chi connectivity index (χ0) is 15.5. The van der Waals surface area contributed by atoms with Gasteiger partial charge in [0.1, 0.15) is 4.88 Å². The van der Waals surface area contributed by atoms with Gasteiger partial charge in [-0.3, -0.25) is 4.79 Å². The van der Waals surface area contributed by atoms with Gasteiger partial charge in [-0.05, 0) is 31.2 Å². The van der Waals surface area contributed by atoms with Crippen molar-refractivity contribution < 1.29 is 4.79 Å². The molecule has 1 amide bonds. The molecule has 0 saturated carbocycles. The van der Waals surface area contributed by atoms with E-state index in [9.17, 15) is 4.79 Å². The Morgan fingerprint density at radius 2 is 1.77 bits per heavy atom. The monoisotopic (exact) mass is 372 g/mol. The van der Waals surface area contributed by atoms with Crippen molar-refractivity contribution in [3.63, 3.8) is 0 Å². The molecule has 0 aliphatic carbocycles. The van der Waals surface area contributed by atoms with E-state index in [1.807, 2.05) is 61.5 Å². The average molecular weight is 373 g/mol. The fourth-order valence-corrected chi connectivity index (χ4v) is 3.19. The van der Waals surface area contributed by atoms with Crippen molar-refractivity contribution in [2.24, 2.45) is 0 Å². The lowest BCUT2D eigenvalue weighted by Crippen LogP contribution is -2.11. The van der Waals surface area contributed by atoms with E-state index in [0.29, 0.717) is 4.88 Å². The molecule has 3 aromatic rings. The smallest absolute Gasteiger partial charge is 0.268 e. The Hall–Kier alpha value is -1.98. The van der Waals surface area contributed by atoms with E-state index < -0.39 is 0 Å². The number of nitrogens with zero attached hydrogens (tertiary/aromatic N) is 1. The topological polar surface area (TPSA) is 42.0 Å². The normalized spacial score (nSPS) is 10.5. The number of thiazole rings is 1. The number of rotatable bonds is 3. The maximum Gasteiger partial charge on any atom is 0.268 e. The molecule has 0 radical (unpaired) electrons. The molecule has 1 N–H and O–H groups in total. The molecule has 2 aromatic carbocycles. The molecule has 0 unspecified atom stereocenters. The van der Waals surface area contributed by atoms with Crippen LogP contribution in [0.3, 0.4) is 0 Å². The Balaban J connectivity index is 1.91. The molecule has 0 fully saturated rings. The van der Waals surface area contributed by atoms with Crippen molar-refractivity contribution in [2.45, 2.75) is 6.92 Å². The molecule has 0 aliphatic heterocycles. The first kappa shape index (κ1) is 14.9. The van der Waals surface area contributed by atoms with Gasteiger partial charge in [-0.25, -0.2) is 4.98 Å². The van der Waals surface area contributed by atoms with Gasteiger partial charge in [0.05, 0.1) is 10.7 Å². The maximum atomic E-state index is 12.6. The Bertz CT molecular complexity index is 797. The largest absolute Gasteiger partial charge is 0.321 e. The van der Waals surface area contributed by atoms with Gasteiger partial charge in [-0.2, -0.15) is 0 Å². The second kappa shape index (κ2) is 6.42. The number of aromatic nitrogens is 1. The summed E-state index contributed by atoms with van der Waals surface area (Å²) in [6.07, 6.45) is 0. The fourth-order valence-electron chi connectivity index (χ4n) is 2.09. The maximum absolute atomic E-state index is 12.6. The summed E-state index contributed by atoms with van der Waals surface area (Å²) in [6.45, 7) is 1.91. The summed E-state index contributed by atoms with van der Waals surface area (Å²) in [4.78, 5) is 17.7. The van der Waals surface area contributed by atoms with Crippen molar-refractivity contribution in [1.82, 2.24) is 4.98 Å². The Kier molecular flexibility index (Phi) is 4.36. The van der Waals surface area contributed by atoms with Crippen LogP contribution in [0.5, 0.6) is 0 Å². The molecule has 0 bridgehead atoms. The highest BCUT2D eigenvalue weighted by atomic mass is 79.9. The number of amides is 1. The van der Waals surface area contributed by atoms with Crippen LogP contribution in [0.15, 0.2) is 59.1 Å². The third kappa shape index (κ3) is 3.26. The van der Waals surface area contributed by atoms with Crippen LogP contribution in [0.1, 0.15) is 14.7 Å². The summed E-state index contributed by atoms with van der Waals surface area (Å²) in [5, 5.41) is 3.79. The highest BCUT2D eigenvalue weighted by Crippen LogP contribution is 2.28. The summed E-state index contributed by atoms with van der Waals surface area (Å²) in [5.41, 5.74) is 2.45. The van der Waals surface area contributed by atoms with Gasteiger partial charge < -0.3 is 5.32 Å². The van der Waals surface area contributed by atoms with Crippen LogP contribution >= 0.6 is 27.3 Å². The molecule has 0 atom stereocenters. The molecule has 110 valence electrons. The number of carbonyl (C=O) groups excluding carboxylic acids is 1. The van der Waals surface area contributed by atoms with Crippen LogP contribution in [0.4, 0.5) is 5.69 Å². The number of anilines is 1. The minimum absolute atomic E-state index is 0.133. The number of halogens is 1. The Labute approximate surface area is 141 Å².